The molecule has 12 bridgehead atoms. The molecule has 0 radical (unpaired) electrons. The van der Waals surface area contributed by atoms with Crippen molar-refractivity contribution in [3.63, 3.8) is 0 Å². The average molecular weight is 1560 g/mol. The van der Waals surface area contributed by atoms with Gasteiger partial charge in [0.15, 0.2) is 11.6 Å². The molecule has 0 unspecified atom stereocenters. The zero-order valence-corrected chi connectivity index (χ0v) is 67.1. The van der Waals surface area contributed by atoms with E-state index in [1.54, 1.807) is 66.4 Å². The number of ether oxygens (including phenoxy) is 2. The molecule has 25 nitrogen and oxygen atoms in total. The number of hydrogen-bond donors (Lipinski definition) is 6. The maximum Gasteiger partial charge on any atom is 0.246 e. The lowest BCUT2D eigenvalue weighted by molar-refractivity contribution is -0.870. The van der Waals surface area contributed by atoms with E-state index < -0.39 is 126 Å². The molecule has 2 fully saturated rings. The molecule has 6 aliphatic heterocycles. The summed E-state index contributed by atoms with van der Waals surface area (Å²) in [5.74, 6) is -9.60. The molecule has 0 aliphatic carbocycles. The number of fused-ring (bicyclic) bond motifs is 16. The molecule has 6 aliphatic rings. The van der Waals surface area contributed by atoms with Crippen LogP contribution in [-0.4, -0.2) is 208 Å². The van der Waals surface area contributed by atoms with Crippen LogP contribution in [0.5, 0.6) is 5.75 Å². The zero-order valence-electron chi connectivity index (χ0n) is 67.1. The Kier molecular flexibility index (Phi) is 31.3. The van der Waals surface area contributed by atoms with E-state index in [1.165, 1.54) is 42.9 Å². The lowest BCUT2D eigenvalue weighted by Gasteiger charge is -2.37. The first-order valence-corrected chi connectivity index (χ1v) is 40.2. The average Bonchev–Trinajstić information content (AvgIpc) is 1.63. The SMILES string of the molecule is COc1ccc(C[C@@H]2NC(=O)[C@H]([C@@H](C)O)NC(=O)[C@@H]3[C@@H]4CCN3C(=O)[C@H]3CC(=O)[C@H](Cc5cccc(c5)CNC(=O)CO4)NC(=O)[C@@H](CCC(=O)CCCCC[N+](C)(C)C)NC(=O)[C@H](C)CC(=O)CCC(=O)N(CCCCCCn4cc(c5cc(F)ccc54)C3)Cc3ccc(cc3)CCCC(=O)[C@]3(C)CCCN3C2=O)cc1.[CH3-]. The number of methoxy groups -OCH3 is 1. The van der Waals surface area contributed by atoms with Crippen molar-refractivity contribution >= 4 is 81.3 Å². The summed E-state index contributed by atoms with van der Waals surface area (Å²) in [4.78, 5) is 184. The van der Waals surface area contributed by atoms with Crippen molar-refractivity contribution in [2.24, 2.45) is 11.8 Å². The van der Waals surface area contributed by atoms with Crippen LogP contribution in [0.25, 0.3) is 10.9 Å². The number of quaternary nitrogens is 1. The van der Waals surface area contributed by atoms with Crippen molar-refractivity contribution in [2.45, 2.75) is 236 Å². The van der Waals surface area contributed by atoms with Gasteiger partial charge in [0.05, 0.1) is 58.6 Å². The summed E-state index contributed by atoms with van der Waals surface area (Å²) in [7, 11) is 7.77. The summed E-state index contributed by atoms with van der Waals surface area (Å²) in [6.45, 7) is 5.78. The third-order valence-electron chi connectivity index (χ3n) is 22.8. The Hall–Kier alpha value is -9.53. The number of nitrogens with zero attached hydrogens (tertiary/aromatic N) is 5. The standard InChI is InChI=1S/C86H113FN10O15.CH3/c1-55-44-66(100)31-36-77(104)94-40-13-9-8-12-39-93-53-63(68-50-64(87)29-35-72(68)93)48-62-49-73(101)70(90-81(106)69(89-80(55)105)34-30-65(99)21-11-10-14-43-97(4,5)6)47-60-19-15-20-61(45-60)51-88-76(103)54-112-74-37-42-95(84(62)109)79(74)83(108)92-78(56(2)98)82(107)91-71(46-58-27-32-67(111-7)33-28-58)85(110)96-41-17-38-86(96,3)75(102)22-16-18-57-23-25-59(52-94)26-24-57;/h15,19-20,23-29,32-33,35,45,50,53,55-56,62,69-71,74,78-79,98H,8-14,16-18,21-22,30-31,34,36-44,46-49,51-52,54H2,1-7H3,(H4-,88,89,90,91,92,103,105,106,107,108);1H3/q;-1/p+1/t55-,56-,62-,69-,70+,71+,74+,78+,79+,86+;/m1./s1. The van der Waals surface area contributed by atoms with Crippen molar-refractivity contribution in [1.29, 1.82) is 0 Å². The molecule has 2 saturated heterocycles. The number of halogens is 1. The monoisotopic (exact) mass is 1560 g/mol. The van der Waals surface area contributed by atoms with Crippen molar-refractivity contribution in [3.05, 3.63) is 144 Å². The van der Waals surface area contributed by atoms with Crippen LogP contribution < -0.4 is 31.3 Å². The number of benzene rings is 4. The number of aromatic nitrogens is 1. The molecular weight excluding hydrogens is 1440 g/mol. The van der Waals surface area contributed by atoms with E-state index in [9.17, 15) is 33.9 Å². The number of aliphatic hydroxyl groups excluding tert-OH is 1. The van der Waals surface area contributed by atoms with E-state index in [0.717, 1.165) is 35.0 Å². The van der Waals surface area contributed by atoms with Gasteiger partial charge >= 0.3 is 0 Å². The Labute approximate surface area is 663 Å². The van der Waals surface area contributed by atoms with E-state index in [0.29, 0.717) is 110 Å². The number of hydrogen-bond acceptors (Lipinski definition) is 15. The van der Waals surface area contributed by atoms with Crippen molar-refractivity contribution in [2.75, 3.05) is 61.0 Å². The molecule has 4 aromatic carbocycles. The Morgan fingerprint density at radius 3 is 2.15 bits per heavy atom. The van der Waals surface area contributed by atoms with Gasteiger partial charge in [-0.1, -0.05) is 80.4 Å². The summed E-state index contributed by atoms with van der Waals surface area (Å²) >= 11 is 0. The van der Waals surface area contributed by atoms with Gasteiger partial charge < -0.3 is 72.3 Å². The van der Waals surface area contributed by atoms with Crippen LogP contribution in [0.1, 0.15) is 176 Å². The van der Waals surface area contributed by atoms with Crippen LogP contribution in [0.3, 0.4) is 0 Å². The van der Waals surface area contributed by atoms with Gasteiger partial charge in [-0.05, 0) is 161 Å². The molecule has 7 heterocycles. The Balaban J connectivity index is 0.0000146. The number of rotatable bonds is 13. The molecule has 6 N–H and O–H groups in total. The molecule has 1 aromatic heterocycles. The lowest BCUT2D eigenvalue weighted by Crippen LogP contribution is -2.62. The lowest BCUT2D eigenvalue weighted by atomic mass is 9.88. The molecule has 11 rings (SSSR count). The largest absolute Gasteiger partial charge is 0.497 e. The fraction of sp³-hybridized carbons (Fsp3) is 0.552. The number of ketones is 4. The normalized spacial score (nSPS) is 24.9. The summed E-state index contributed by atoms with van der Waals surface area (Å²) in [5, 5.41) is 26.3. The predicted octanol–water partition coefficient (Wildman–Crippen LogP) is 7.66. The van der Waals surface area contributed by atoms with Crippen LogP contribution in [-0.2, 0) is 108 Å². The summed E-state index contributed by atoms with van der Waals surface area (Å²) in [6, 6.07) is 18.1. The fourth-order valence-corrected chi connectivity index (χ4v) is 16.3. The first-order valence-electron chi connectivity index (χ1n) is 40.2. The highest BCUT2D eigenvalue weighted by Gasteiger charge is 2.49. The highest BCUT2D eigenvalue weighted by molar-refractivity contribution is 6.00. The van der Waals surface area contributed by atoms with Crippen molar-refractivity contribution in [3.8, 4) is 5.75 Å². The number of carbonyl (C=O) groups excluding carboxylic acids is 12. The minimum Gasteiger partial charge on any atom is -0.497 e. The molecule has 8 amide bonds. The van der Waals surface area contributed by atoms with Crippen molar-refractivity contribution < 1.29 is 81.0 Å². The fourth-order valence-electron chi connectivity index (χ4n) is 16.3. The van der Waals surface area contributed by atoms with Gasteiger partial charge in [0.2, 0.25) is 47.3 Å². The summed E-state index contributed by atoms with van der Waals surface area (Å²) in [6.07, 6.45) is 3.74. The second-order valence-electron chi connectivity index (χ2n) is 32.7. The third-order valence-corrected chi connectivity index (χ3v) is 22.8. The van der Waals surface area contributed by atoms with E-state index in [2.05, 4.69) is 47.7 Å². The number of aliphatic hydroxyl groups is 1. The highest BCUT2D eigenvalue weighted by Crippen LogP contribution is 2.35. The quantitative estimate of drug-likeness (QED) is 0.0374. The first-order chi connectivity index (χ1) is 53.5. The summed E-state index contributed by atoms with van der Waals surface area (Å²) in [5.41, 5.74) is 3.27. The molecule has 113 heavy (non-hydrogen) atoms. The van der Waals surface area contributed by atoms with Gasteiger partial charge in [0.1, 0.15) is 53.9 Å². The van der Waals surface area contributed by atoms with Crippen LogP contribution in [0.4, 0.5) is 4.39 Å². The minimum atomic E-state index is -1.82. The number of carbonyl (C=O) groups is 12. The van der Waals surface area contributed by atoms with Crippen molar-refractivity contribution in [1.82, 2.24) is 45.9 Å². The van der Waals surface area contributed by atoms with Gasteiger partial charge in [0, 0.05) is 120 Å². The minimum absolute atomic E-state index is 0. The molecule has 26 heteroatoms. The Morgan fingerprint density at radius 1 is 0.690 bits per heavy atom. The number of Topliss-reactive ketones (excluding diaryl/α,β-unsaturated/α-hetero) is 4. The zero-order chi connectivity index (χ0) is 80.4. The van der Waals surface area contributed by atoms with E-state index in [4.69, 9.17) is 9.47 Å². The highest BCUT2D eigenvalue weighted by atomic mass is 19.1. The van der Waals surface area contributed by atoms with Gasteiger partial charge in [-0.2, -0.15) is 0 Å². The molecule has 0 saturated carbocycles. The first kappa shape index (κ1) is 87.4. The number of nitrogens with one attached hydrogen (secondary N) is 5. The van der Waals surface area contributed by atoms with E-state index >= 15 is 33.2 Å². The molecular formula is C87H117FN10O15. The van der Waals surface area contributed by atoms with Gasteiger partial charge in [0.25, 0.3) is 0 Å². The maximum atomic E-state index is 16.3. The van der Waals surface area contributed by atoms with E-state index in [1.807, 2.05) is 35.0 Å². The van der Waals surface area contributed by atoms with Gasteiger partial charge in [-0.3, -0.25) is 57.5 Å². The smallest absolute Gasteiger partial charge is 0.246 e. The maximum absolute atomic E-state index is 16.3. The molecule has 10 atom stereocenters. The van der Waals surface area contributed by atoms with Crippen LogP contribution in [0.2, 0.25) is 0 Å². The molecule has 5 aromatic rings. The Morgan fingerprint density at radius 2 is 1.42 bits per heavy atom. The summed E-state index contributed by atoms with van der Waals surface area (Å²) < 4.78 is 30.3. The Bertz CT molecular complexity index is 4210. The van der Waals surface area contributed by atoms with Gasteiger partial charge in [-0.25, -0.2) is 4.39 Å². The third kappa shape index (κ3) is 24.0. The van der Waals surface area contributed by atoms with Crippen LogP contribution in [0.15, 0.2) is 97.2 Å². The second kappa shape index (κ2) is 40.5. The molecule has 612 valence electrons. The van der Waals surface area contributed by atoms with E-state index in [-0.39, 0.29) is 127 Å². The second-order valence-corrected chi connectivity index (χ2v) is 32.7. The predicted molar refractivity (Wildman–Crippen MR) is 424 cm³/mol. The van der Waals surface area contributed by atoms with Crippen LogP contribution in [0, 0.1) is 25.1 Å². The number of amides is 8. The number of aryl methyl sites for hydroxylation is 2. The topological polar surface area (TPSA) is 318 Å². The number of unbranched alkanes of at least 4 members (excludes halogenated alkanes) is 2. The van der Waals surface area contributed by atoms with Gasteiger partial charge in [-0.15, -0.1) is 0 Å². The molecule has 0 spiro atoms. The van der Waals surface area contributed by atoms with Crippen LogP contribution >= 0.6 is 0 Å².